The Morgan fingerprint density at radius 2 is 1.77 bits per heavy atom. The van der Waals surface area contributed by atoms with Crippen molar-refractivity contribution >= 4 is 5.91 Å². The second-order valence-electron chi connectivity index (χ2n) is 6.74. The van der Waals surface area contributed by atoms with Crippen molar-refractivity contribution in [2.45, 2.75) is 20.4 Å². The van der Waals surface area contributed by atoms with Crippen LogP contribution in [-0.2, 0) is 6.54 Å². The van der Waals surface area contributed by atoms with Crippen molar-refractivity contribution in [1.29, 1.82) is 0 Å². The lowest BCUT2D eigenvalue weighted by Crippen LogP contribution is -2.46. The number of rotatable bonds is 7. The van der Waals surface area contributed by atoms with Gasteiger partial charge in [0, 0.05) is 13.1 Å². The van der Waals surface area contributed by atoms with Crippen LogP contribution in [0.4, 0.5) is 4.39 Å². The zero-order valence-electron chi connectivity index (χ0n) is 17.5. The van der Waals surface area contributed by atoms with Gasteiger partial charge in [-0.15, -0.1) is 0 Å². The Balaban J connectivity index is 2.22. The van der Waals surface area contributed by atoms with Crippen molar-refractivity contribution < 1.29 is 13.9 Å². The molecule has 0 aliphatic heterocycles. The summed E-state index contributed by atoms with van der Waals surface area (Å²) in [4.78, 5) is 40.6. The van der Waals surface area contributed by atoms with E-state index in [2.05, 4.69) is 5.10 Å². The molecule has 162 valence electrons. The largest absolute Gasteiger partial charge is 0.497 e. The summed E-state index contributed by atoms with van der Waals surface area (Å²) in [6.45, 7) is 4.12. The Morgan fingerprint density at radius 1 is 1.10 bits per heavy atom. The predicted molar refractivity (Wildman–Crippen MR) is 113 cm³/mol. The number of ether oxygens (including phenoxy) is 1. The number of amides is 1. The van der Waals surface area contributed by atoms with Crippen LogP contribution in [0.1, 0.15) is 29.9 Å². The number of carbonyl (C=O) groups is 1. The maximum atomic E-state index is 13.6. The Kier molecular flexibility index (Phi) is 6.64. The normalized spacial score (nSPS) is 10.7. The first-order valence-electron chi connectivity index (χ1n) is 9.81. The maximum Gasteiger partial charge on any atom is 0.352 e. The van der Waals surface area contributed by atoms with E-state index >= 15 is 0 Å². The fourth-order valence-corrected chi connectivity index (χ4v) is 3.16. The number of hydrogen-bond donors (Lipinski definition) is 0. The molecule has 0 saturated carbocycles. The fraction of sp³-hybridized carbons (Fsp3) is 0.273. The van der Waals surface area contributed by atoms with Crippen LogP contribution in [0, 0.1) is 5.82 Å². The van der Waals surface area contributed by atoms with E-state index in [-0.39, 0.29) is 12.2 Å². The SMILES string of the molecule is CCN(CC)C(=O)c1nn(-c2ccc(OC)cc2)c(=O)n(Cc2cccc(F)c2)c1=O. The van der Waals surface area contributed by atoms with Crippen molar-refractivity contribution in [2.24, 2.45) is 0 Å². The highest BCUT2D eigenvalue weighted by atomic mass is 19.1. The van der Waals surface area contributed by atoms with Crippen molar-refractivity contribution in [2.75, 3.05) is 20.2 Å². The molecule has 0 saturated heterocycles. The van der Waals surface area contributed by atoms with Gasteiger partial charge in [0.1, 0.15) is 11.6 Å². The topological polar surface area (TPSA) is 86.4 Å². The molecule has 2 aromatic carbocycles. The van der Waals surface area contributed by atoms with Crippen LogP contribution in [0.2, 0.25) is 0 Å². The van der Waals surface area contributed by atoms with E-state index in [0.717, 1.165) is 9.25 Å². The third-order valence-corrected chi connectivity index (χ3v) is 4.86. The van der Waals surface area contributed by atoms with Crippen molar-refractivity contribution in [3.05, 3.63) is 86.4 Å². The lowest BCUT2D eigenvalue weighted by Gasteiger charge is -2.19. The zero-order valence-corrected chi connectivity index (χ0v) is 17.5. The smallest absolute Gasteiger partial charge is 0.352 e. The van der Waals surface area contributed by atoms with Crippen molar-refractivity contribution in [3.63, 3.8) is 0 Å². The maximum absolute atomic E-state index is 13.6. The van der Waals surface area contributed by atoms with Crippen molar-refractivity contribution in [3.8, 4) is 11.4 Å². The third kappa shape index (κ3) is 4.55. The van der Waals surface area contributed by atoms with Crippen LogP contribution in [-0.4, -0.2) is 45.4 Å². The summed E-state index contributed by atoms with van der Waals surface area (Å²) in [6, 6.07) is 12.0. The minimum atomic E-state index is -0.823. The number of carbonyl (C=O) groups excluding carboxylic acids is 1. The van der Waals surface area contributed by atoms with Crippen LogP contribution >= 0.6 is 0 Å². The summed E-state index contributed by atoms with van der Waals surface area (Å²) >= 11 is 0. The van der Waals surface area contributed by atoms with Gasteiger partial charge in [0.25, 0.3) is 11.5 Å². The molecule has 0 aliphatic rings. The van der Waals surface area contributed by atoms with Gasteiger partial charge < -0.3 is 9.64 Å². The fourth-order valence-electron chi connectivity index (χ4n) is 3.16. The van der Waals surface area contributed by atoms with E-state index in [0.29, 0.717) is 30.1 Å². The molecule has 3 rings (SSSR count). The molecule has 0 N–H and O–H groups in total. The number of benzene rings is 2. The van der Waals surface area contributed by atoms with Crippen LogP contribution in [0.3, 0.4) is 0 Å². The molecular formula is C22H23FN4O4. The molecule has 0 aliphatic carbocycles. The van der Waals surface area contributed by atoms with Crippen molar-refractivity contribution in [1.82, 2.24) is 19.2 Å². The number of hydrogen-bond acceptors (Lipinski definition) is 5. The van der Waals surface area contributed by atoms with Gasteiger partial charge >= 0.3 is 5.69 Å². The van der Waals surface area contributed by atoms with Gasteiger partial charge in [-0.25, -0.2) is 9.18 Å². The van der Waals surface area contributed by atoms with E-state index in [9.17, 15) is 18.8 Å². The first-order valence-corrected chi connectivity index (χ1v) is 9.81. The van der Waals surface area contributed by atoms with Crippen LogP contribution in [0.15, 0.2) is 58.1 Å². The minimum absolute atomic E-state index is 0.202. The molecule has 1 heterocycles. The minimum Gasteiger partial charge on any atom is -0.497 e. The molecule has 9 heteroatoms. The summed E-state index contributed by atoms with van der Waals surface area (Å²) < 4.78 is 20.7. The molecule has 0 radical (unpaired) electrons. The van der Waals surface area contributed by atoms with Crippen LogP contribution < -0.4 is 16.0 Å². The van der Waals surface area contributed by atoms with Gasteiger partial charge in [-0.2, -0.15) is 9.78 Å². The first kappa shape index (κ1) is 21.9. The van der Waals surface area contributed by atoms with E-state index in [1.807, 2.05) is 0 Å². The number of methoxy groups -OCH3 is 1. The average molecular weight is 426 g/mol. The molecule has 0 unspecified atom stereocenters. The molecule has 1 aromatic heterocycles. The zero-order chi connectivity index (χ0) is 22.5. The van der Waals surface area contributed by atoms with Crippen LogP contribution in [0.25, 0.3) is 5.69 Å². The Hall–Kier alpha value is -3.75. The van der Waals surface area contributed by atoms with E-state index in [1.165, 1.54) is 30.2 Å². The van der Waals surface area contributed by atoms with Gasteiger partial charge in [0.05, 0.1) is 19.3 Å². The molecular weight excluding hydrogens is 403 g/mol. The lowest BCUT2D eigenvalue weighted by atomic mass is 10.2. The summed E-state index contributed by atoms with van der Waals surface area (Å²) in [5.74, 6) is -0.496. The highest BCUT2D eigenvalue weighted by molar-refractivity contribution is 5.91. The highest BCUT2D eigenvalue weighted by Gasteiger charge is 2.23. The highest BCUT2D eigenvalue weighted by Crippen LogP contribution is 2.13. The predicted octanol–water partition coefficient (Wildman–Crippen LogP) is 2.07. The van der Waals surface area contributed by atoms with E-state index in [1.54, 1.807) is 44.2 Å². The third-order valence-electron chi connectivity index (χ3n) is 4.86. The summed E-state index contributed by atoms with van der Waals surface area (Å²) in [7, 11) is 1.51. The second-order valence-corrected chi connectivity index (χ2v) is 6.74. The van der Waals surface area contributed by atoms with E-state index < -0.39 is 23.0 Å². The van der Waals surface area contributed by atoms with Gasteiger partial charge in [-0.3, -0.25) is 14.2 Å². The average Bonchev–Trinajstić information content (AvgIpc) is 2.78. The molecule has 0 bridgehead atoms. The Bertz CT molecular complexity index is 1200. The number of nitrogens with zero attached hydrogens (tertiary/aromatic N) is 4. The second kappa shape index (κ2) is 9.38. The monoisotopic (exact) mass is 426 g/mol. The van der Waals surface area contributed by atoms with E-state index in [4.69, 9.17) is 4.74 Å². The molecule has 3 aromatic rings. The molecule has 31 heavy (non-hydrogen) atoms. The quantitative estimate of drug-likeness (QED) is 0.577. The van der Waals surface area contributed by atoms with Gasteiger partial charge in [0.15, 0.2) is 0 Å². The number of halogens is 1. The Morgan fingerprint density at radius 3 is 2.35 bits per heavy atom. The summed E-state index contributed by atoms with van der Waals surface area (Å²) in [5.41, 5.74) is -1.18. The summed E-state index contributed by atoms with van der Waals surface area (Å²) in [5, 5.41) is 4.10. The molecule has 0 atom stereocenters. The molecule has 0 spiro atoms. The Labute approximate surface area is 178 Å². The van der Waals surface area contributed by atoms with Gasteiger partial charge in [-0.1, -0.05) is 12.1 Å². The standard InChI is InChI=1S/C22H23FN4O4/c1-4-25(5-2)20(28)19-21(29)26(14-15-7-6-8-16(23)13-15)22(30)27(24-19)17-9-11-18(31-3)12-10-17/h6-13H,4-5,14H2,1-3H3. The first-order chi connectivity index (χ1) is 14.9. The molecule has 1 amide bonds. The molecule has 0 fully saturated rings. The molecule has 8 nitrogen and oxygen atoms in total. The lowest BCUT2D eigenvalue weighted by molar-refractivity contribution is 0.0761. The van der Waals surface area contributed by atoms with Gasteiger partial charge in [-0.05, 0) is 55.8 Å². The van der Waals surface area contributed by atoms with Crippen LogP contribution in [0.5, 0.6) is 5.75 Å². The number of aromatic nitrogens is 3. The van der Waals surface area contributed by atoms with Gasteiger partial charge in [0.2, 0.25) is 5.69 Å². The summed E-state index contributed by atoms with van der Waals surface area (Å²) in [6.07, 6.45) is 0.